The largest absolute Gasteiger partial charge is 0.480 e. The van der Waals surface area contributed by atoms with Crippen LogP contribution in [0.3, 0.4) is 0 Å². The number of aliphatic carboxylic acids is 1. The topological polar surface area (TPSA) is 112 Å². The number of carbonyl (C=O) groups excluding carboxylic acids is 2. The fourth-order valence-corrected chi connectivity index (χ4v) is 4.47. The number of benzene rings is 1. The van der Waals surface area contributed by atoms with Gasteiger partial charge in [0.15, 0.2) is 5.13 Å². The summed E-state index contributed by atoms with van der Waals surface area (Å²) in [4.78, 5) is 44.1. The van der Waals surface area contributed by atoms with Gasteiger partial charge in [0.05, 0.1) is 18.2 Å². The van der Waals surface area contributed by atoms with Gasteiger partial charge in [-0.15, -0.1) is 11.3 Å². The highest BCUT2D eigenvalue weighted by Crippen LogP contribution is 2.21. The maximum Gasteiger partial charge on any atom is 0.326 e. The zero-order valence-corrected chi connectivity index (χ0v) is 18.6. The number of rotatable bonds is 8. The molecule has 2 unspecified atom stereocenters. The van der Waals surface area contributed by atoms with Crippen LogP contribution in [-0.4, -0.2) is 58.5 Å². The van der Waals surface area contributed by atoms with Crippen LogP contribution in [0.25, 0.3) is 0 Å². The van der Waals surface area contributed by atoms with Gasteiger partial charge in [-0.3, -0.25) is 14.5 Å². The van der Waals surface area contributed by atoms with Gasteiger partial charge in [-0.1, -0.05) is 30.3 Å². The average Bonchev–Trinajstić information content (AvgIpc) is 3.04. The lowest BCUT2D eigenvalue weighted by Gasteiger charge is -2.32. The van der Waals surface area contributed by atoms with E-state index in [0.29, 0.717) is 18.1 Å². The number of likely N-dealkylation sites (tertiary alicyclic amines) is 1. The molecule has 1 aliphatic heterocycles. The molecular formula is C22H28N4O4S. The summed E-state index contributed by atoms with van der Waals surface area (Å²) in [6, 6.07) is 8.25. The second kappa shape index (κ2) is 10.5. The Morgan fingerprint density at radius 3 is 2.65 bits per heavy atom. The number of carboxylic acid groups (broad SMARTS) is 1. The van der Waals surface area contributed by atoms with Gasteiger partial charge in [-0.2, -0.15) is 0 Å². The van der Waals surface area contributed by atoms with Crippen LogP contribution in [0.15, 0.2) is 30.3 Å². The molecule has 166 valence electrons. The van der Waals surface area contributed by atoms with E-state index in [2.05, 4.69) is 15.6 Å². The first-order chi connectivity index (χ1) is 14.8. The molecule has 9 heteroatoms. The van der Waals surface area contributed by atoms with E-state index in [0.717, 1.165) is 29.1 Å². The molecule has 2 heterocycles. The monoisotopic (exact) mass is 444 g/mol. The van der Waals surface area contributed by atoms with E-state index in [9.17, 15) is 19.5 Å². The van der Waals surface area contributed by atoms with Gasteiger partial charge in [0.1, 0.15) is 6.04 Å². The van der Waals surface area contributed by atoms with Crippen LogP contribution in [0.5, 0.6) is 0 Å². The summed E-state index contributed by atoms with van der Waals surface area (Å²) in [5, 5.41) is 15.6. The minimum atomic E-state index is -1.06. The predicted molar refractivity (Wildman–Crippen MR) is 119 cm³/mol. The van der Waals surface area contributed by atoms with Gasteiger partial charge in [0.2, 0.25) is 11.8 Å². The molecule has 31 heavy (non-hydrogen) atoms. The molecular weight excluding hydrogens is 416 g/mol. The molecule has 0 aliphatic carbocycles. The molecule has 0 spiro atoms. The van der Waals surface area contributed by atoms with Gasteiger partial charge < -0.3 is 15.7 Å². The highest BCUT2D eigenvalue weighted by atomic mass is 32.1. The summed E-state index contributed by atoms with van der Waals surface area (Å²) in [6.07, 6.45) is 1.68. The predicted octanol–water partition coefficient (Wildman–Crippen LogP) is 2.22. The van der Waals surface area contributed by atoms with Crippen molar-refractivity contribution in [3.05, 3.63) is 46.5 Å². The number of aryl methyl sites for hydroxylation is 2. The van der Waals surface area contributed by atoms with Crippen LogP contribution in [0.2, 0.25) is 0 Å². The molecule has 2 atom stereocenters. The number of hydrogen-bond donors (Lipinski definition) is 3. The Kier molecular flexibility index (Phi) is 7.75. The molecule has 0 radical (unpaired) electrons. The van der Waals surface area contributed by atoms with Crippen LogP contribution in [0.4, 0.5) is 5.13 Å². The van der Waals surface area contributed by atoms with Crippen molar-refractivity contribution in [2.75, 3.05) is 25.0 Å². The smallest absolute Gasteiger partial charge is 0.326 e. The highest BCUT2D eigenvalue weighted by molar-refractivity contribution is 7.15. The Morgan fingerprint density at radius 1 is 1.26 bits per heavy atom. The van der Waals surface area contributed by atoms with E-state index in [-0.39, 0.29) is 30.7 Å². The first-order valence-corrected chi connectivity index (χ1v) is 11.2. The molecule has 0 bridgehead atoms. The van der Waals surface area contributed by atoms with Gasteiger partial charge in [-0.25, -0.2) is 9.78 Å². The summed E-state index contributed by atoms with van der Waals surface area (Å²) in [5.74, 6) is -1.84. The average molecular weight is 445 g/mol. The van der Waals surface area contributed by atoms with E-state index in [1.54, 1.807) is 0 Å². The molecule has 1 aromatic carbocycles. The number of amides is 2. The summed E-state index contributed by atoms with van der Waals surface area (Å²) in [5.41, 5.74) is 1.75. The molecule has 3 N–H and O–H groups in total. The van der Waals surface area contributed by atoms with Crippen molar-refractivity contribution < 1.29 is 19.5 Å². The molecule has 1 aliphatic rings. The minimum Gasteiger partial charge on any atom is -0.480 e. The van der Waals surface area contributed by atoms with E-state index in [1.807, 2.05) is 49.1 Å². The molecule has 2 aromatic rings. The quantitative estimate of drug-likeness (QED) is 0.576. The third-order valence-corrected chi connectivity index (χ3v) is 6.40. The van der Waals surface area contributed by atoms with Gasteiger partial charge in [0.25, 0.3) is 0 Å². The van der Waals surface area contributed by atoms with E-state index in [4.69, 9.17) is 0 Å². The van der Waals surface area contributed by atoms with Crippen molar-refractivity contribution in [2.24, 2.45) is 5.92 Å². The summed E-state index contributed by atoms with van der Waals surface area (Å²) in [7, 11) is 0. The lowest BCUT2D eigenvalue weighted by atomic mass is 9.96. The first kappa shape index (κ1) is 22.9. The Balaban J connectivity index is 1.53. The number of thiazole rings is 1. The van der Waals surface area contributed by atoms with Crippen LogP contribution in [0.1, 0.15) is 29.0 Å². The van der Waals surface area contributed by atoms with Crippen LogP contribution in [-0.2, 0) is 20.8 Å². The lowest BCUT2D eigenvalue weighted by Crippen LogP contribution is -2.50. The zero-order chi connectivity index (χ0) is 22.4. The number of aromatic nitrogens is 1. The summed E-state index contributed by atoms with van der Waals surface area (Å²) < 4.78 is 0. The van der Waals surface area contributed by atoms with Crippen LogP contribution < -0.4 is 10.6 Å². The molecule has 8 nitrogen and oxygen atoms in total. The SMILES string of the molecule is Cc1nc(NC(=O)CN2CCCC(C(=O)NC(Cc3ccccc3)C(=O)O)C2)sc1C. The van der Waals surface area contributed by atoms with Crippen LogP contribution >= 0.6 is 11.3 Å². The number of piperidine rings is 1. The molecule has 1 aromatic heterocycles. The van der Waals surface area contributed by atoms with E-state index >= 15 is 0 Å². The fourth-order valence-electron chi connectivity index (χ4n) is 3.64. The zero-order valence-electron chi connectivity index (χ0n) is 17.8. The number of anilines is 1. The Labute approximate surface area is 185 Å². The standard InChI is InChI=1S/C22H28N4O4S/c1-14-15(2)31-22(23-14)25-19(27)13-26-10-6-9-17(12-26)20(28)24-18(21(29)30)11-16-7-4-3-5-8-16/h3-5,7-8,17-18H,6,9-13H2,1-2H3,(H,24,28)(H,29,30)(H,23,25,27). The van der Waals surface area contributed by atoms with Gasteiger partial charge in [0, 0.05) is 17.8 Å². The van der Waals surface area contributed by atoms with Crippen molar-refractivity contribution in [2.45, 2.75) is 39.2 Å². The van der Waals surface area contributed by atoms with Crippen molar-refractivity contribution in [3.63, 3.8) is 0 Å². The van der Waals surface area contributed by atoms with Crippen molar-refractivity contribution >= 4 is 34.3 Å². The maximum atomic E-state index is 12.8. The maximum absolute atomic E-state index is 12.8. The normalized spacial score (nSPS) is 17.7. The number of carboxylic acids is 1. The highest BCUT2D eigenvalue weighted by Gasteiger charge is 2.30. The number of hydrogen-bond acceptors (Lipinski definition) is 6. The summed E-state index contributed by atoms with van der Waals surface area (Å²) in [6.45, 7) is 5.18. The Bertz CT molecular complexity index is 911. The second-order valence-corrected chi connectivity index (χ2v) is 9.08. The Morgan fingerprint density at radius 2 is 2.00 bits per heavy atom. The molecule has 1 fully saturated rings. The second-order valence-electron chi connectivity index (χ2n) is 7.87. The third kappa shape index (κ3) is 6.60. The molecule has 1 saturated heterocycles. The van der Waals surface area contributed by atoms with Crippen LogP contribution in [0, 0.1) is 19.8 Å². The molecule has 0 saturated carbocycles. The van der Waals surface area contributed by atoms with Crippen molar-refractivity contribution in [1.82, 2.24) is 15.2 Å². The molecule has 3 rings (SSSR count). The number of nitrogens with zero attached hydrogens (tertiary/aromatic N) is 2. The van der Waals surface area contributed by atoms with E-state index in [1.165, 1.54) is 11.3 Å². The fraction of sp³-hybridized carbons (Fsp3) is 0.455. The first-order valence-electron chi connectivity index (χ1n) is 10.3. The Hall–Kier alpha value is -2.78. The van der Waals surface area contributed by atoms with Crippen molar-refractivity contribution in [3.8, 4) is 0 Å². The molecule has 2 amide bonds. The van der Waals surface area contributed by atoms with E-state index < -0.39 is 12.0 Å². The van der Waals surface area contributed by atoms with Gasteiger partial charge in [-0.05, 0) is 38.8 Å². The van der Waals surface area contributed by atoms with Crippen molar-refractivity contribution in [1.29, 1.82) is 0 Å². The number of nitrogens with one attached hydrogen (secondary N) is 2. The third-order valence-electron chi connectivity index (χ3n) is 5.42. The lowest BCUT2D eigenvalue weighted by molar-refractivity contribution is -0.142. The number of carbonyl (C=O) groups is 3. The van der Waals surface area contributed by atoms with Gasteiger partial charge >= 0.3 is 5.97 Å². The summed E-state index contributed by atoms with van der Waals surface area (Å²) >= 11 is 1.44. The minimum absolute atomic E-state index is 0.165.